The van der Waals surface area contributed by atoms with E-state index in [1.54, 1.807) is 30.5 Å². The second kappa shape index (κ2) is 5.97. The first-order valence-electron chi connectivity index (χ1n) is 6.07. The number of halogens is 1. The van der Waals surface area contributed by atoms with Crippen LogP contribution in [-0.2, 0) is 16.6 Å². The minimum atomic E-state index is -3.44. The summed E-state index contributed by atoms with van der Waals surface area (Å²) in [6.45, 7) is 4.27. The second-order valence-corrected chi connectivity index (χ2v) is 8.69. The number of benzene rings is 1. The Kier molecular flexibility index (Phi) is 4.69. The number of thiophene rings is 1. The first-order chi connectivity index (χ1) is 9.30. The third-order valence-electron chi connectivity index (χ3n) is 3.19. The quantitative estimate of drug-likeness (QED) is 0.813. The summed E-state index contributed by atoms with van der Waals surface area (Å²) in [6.07, 6.45) is 0. The van der Waals surface area contributed by atoms with E-state index < -0.39 is 10.0 Å². The predicted octanol–water partition coefficient (Wildman–Crippen LogP) is 3.95. The van der Waals surface area contributed by atoms with Gasteiger partial charge in [0.05, 0.1) is 4.90 Å². The second-order valence-electron chi connectivity index (χ2n) is 4.74. The third-order valence-corrected chi connectivity index (χ3v) is 6.67. The number of hydrogen-bond donors (Lipinski definition) is 0. The molecule has 0 saturated carbocycles. The predicted molar refractivity (Wildman–Crippen MR) is 86.6 cm³/mol. The molecule has 1 heterocycles. The highest BCUT2D eigenvalue weighted by Gasteiger charge is 2.21. The van der Waals surface area contributed by atoms with Gasteiger partial charge in [-0.15, -0.1) is 11.3 Å². The number of sulfonamides is 1. The van der Waals surface area contributed by atoms with E-state index in [-0.39, 0.29) is 0 Å². The van der Waals surface area contributed by atoms with Gasteiger partial charge < -0.3 is 0 Å². The fraction of sp³-hybridized carbons (Fsp3) is 0.286. The van der Waals surface area contributed by atoms with Crippen LogP contribution in [0.3, 0.4) is 0 Å². The molecule has 1 aromatic carbocycles. The Morgan fingerprint density at radius 3 is 2.45 bits per heavy atom. The average Bonchev–Trinajstić information content (AvgIpc) is 2.78. The fourth-order valence-corrected chi connectivity index (χ4v) is 4.62. The lowest BCUT2D eigenvalue weighted by molar-refractivity contribution is 0.469. The molecule has 3 nitrogen and oxygen atoms in total. The van der Waals surface area contributed by atoms with Gasteiger partial charge in [-0.3, -0.25) is 0 Å². The van der Waals surface area contributed by atoms with E-state index in [9.17, 15) is 8.42 Å². The van der Waals surface area contributed by atoms with Crippen molar-refractivity contribution in [2.45, 2.75) is 25.3 Å². The van der Waals surface area contributed by atoms with E-state index in [0.717, 1.165) is 20.5 Å². The topological polar surface area (TPSA) is 37.4 Å². The van der Waals surface area contributed by atoms with Crippen LogP contribution in [0.5, 0.6) is 0 Å². The Morgan fingerprint density at radius 1 is 1.20 bits per heavy atom. The molecule has 2 rings (SSSR count). The SMILES string of the molecule is Cc1ccc(S(=O)(=O)N(C)Cc2cc(Br)cs2)cc1C. The van der Waals surface area contributed by atoms with Gasteiger partial charge in [0.15, 0.2) is 0 Å². The minimum absolute atomic E-state index is 0.346. The Balaban J connectivity index is 2.27. The molecule has 0 spiro atoms. The van der Waals surface area contributed by atoms with E-state index >= 15 is 0 Å². The summed E-state index contributed by atoms with van der Waals surface area (Å²) in [6, 6.07) is 7.18. The molecule has 0 atom stereocenters. The molecule has 0 aliphatic heterocycles. The zero-order valence-electron chi connectivity index (χ0n) is 11.6. The van der Waals surface area contributed by atoms with Gasteiger partial charge in [0.1, 0.15) is 0 Å². The summed E-state index contributed by atoms with van der Waals surface area (Å²) in [5, 5.41) is 1.95. The maximum Gasteiger partial charge on any atom is 0.243 e. The molecule has 0 saturated heterocycles. The van der Waals surface area contributed by atoms with Gasteiger partial charge in [-0.25, -0.2) is 8.42 Å². The standard InChI is InChI=1S/C14H16BrNO2S2/c1-10-4-5-14(6-11(10)2)20(17,18)16(3)8-13-7-12(15)9-19-13/h4-7,9H,8H2,1-3H3. The molecule has 0 fully saturated rings. The highest BCUT2D eigenvalue weighted by molar-refractivity contribution is 9.10. The van der Waals surface area contributed by atoms with E-state index in [4.69, 9.17) is 0 Å². The molecule has 0 amide bonds. The van der Waals surface area contributed by atoms with E-state index in [0.29, 0.717) is 11.4 Å². The molecule has 0 radical (unpaired) electrons. The van der Waals surface area contributed by atoms with Crippen LogP contribution < -0.4 is 0 Å². The number of aryl methyl sites for hydroxylation is 2. The molecule has 6 heteroatoms. The van der Waals surface area contributed by atoms with Crippen LogP contribution in [0.1, 0.15) is 16.0 Å². The van der Waals surface area contributed by atoms with Crippen LogP contribution in [0.15, 0.2) is 39.0 Å². The molecular weight excluding hydrogens is 358 g/mol. The summed E-state index contributed by atoms with van der Waals surface area (Å²) in [4.78, 5) is 1.35. The molecule has 0 N–H and O–H groups in total. The van der Waals surface area contributed by atoms with Crippen LogP contribution in [0.2, 0.25) is 0 Å². The fourth-order valence-electron chi connectivity index (χ4n) is 1.80. The number of rotatable bonds is 4. The molecular formula is C14H16BrNO2S2. The normalized spacial score (nSPS) is 12.1. The van der Waals surface area contributed by atoms with Gasteiger partial charge in [0, 0.05) is 28.3 Å². The van der Waals surface area contributed by atoms with Crippen molar-refractivity contribution in [3.63, 3.8) is 0 Å². The number of hydrogen-bond acceptors (Lipinski definition) is 3. The summed E-state index contributed by atoms with van der Waals surface area (Å²) in [5.41, 5.74) is 2.08. The zero-order valence-corrected chi connectivity index (χ0v) is 14.8. The molecule has 1 aromatic heterocycles. The monoisotopic (exact) mass is 373 g/mol. The van der Waals surface area contributed by atoms with E-state index in [1.165, 1.54) is 4.31 Å². The summed E-state index contributed by atoms with van der Waals surface area (Å²) >= 11 is 4.92. The Bertz CT molecular complexity index is 723. The lowest BCUT2D eigenvalue weighted by Gasteiger charge is -2.17. The maximum absolute atomic E-state index is 12.5. The van der Waals surface area contributed by atoms with E-state index in [1.807, 2.05) is 31.4 Å². The maximum atomic E-state index is 12.5. The van der Waals surface area contributed by atoms with Crippen molar-refractivity contribution < 1.29 is 8.42 Å². The summed E-state index contributed by atoms with van der Waals surface area (Å²) in [5.74, 6) is 0. The van der Waals surface area contributed by atoms with Gasteiger partial charge >= 0.3 is 0 Å². The lowest BCUT2D eigenvalue weighted by atomic mass is 10.1. The van der Waals surface area contributed by atoms with Gasteiger partial charge in [-0.2, -0.15) is 4.31 Å². The molecule has 2 aromatic rings. The Labute approximate surface area is 132 Å². The van der Waals surface area contributed by atoms with Gasteiger partial charge in [-0.1, -0.05) is 6.07 Å². The van der Waals surface area contributed by atoms with Crippen LogP contribution in [-0.4, -0.2) is 19.8 Å². The highest BCUT2D eigenvalue weighted by Crippen LogP contribution is 2.24. The smallest absolute Gasteiger partial charge is 0.207 e. The molecule has 0 unspecified atom stereocenters. The summed E-state index contributed by atoms with van der Waals surface area (Å²) < 4.78 is 27.4. The van der Waals surface area contributed by atoms with Crippen molar-refractivity contribution in [2.75, 3.05) is 7.05 Å². The Hall–Kier alpha value is -0.690. The van der Waals surface area contributed by atoms with E-state index in [2.05, 4.69) is 15.9 Å². The van der Waals surface area contributed by atoms with Crippen LogP contribution in [0.4, 0.5) is 0 Å². The molecule has 0 bridgehead atoms. The van der Waals surface area contributed by atoms with Crippen molar-refractivity contribution in [3.05, 3.63) is 50.1 Å². The van der Waals surface area contributed by atoms with Crippen molar-refractivity contribution in [2.24, 2.45) is 0 Å². The van der Waals surface area contributed by atoms with Gasteiger partial charge in [0.25, 0.3) is 0 Å². The van der Waals surface area contributed by atoms with Crippen molar-refractivity contribution >= 4 is 37.3 Å². The van der Waals surface area contributed by atoms with Crippen LogP contribution in [0, 0.1) is 13.8 Å². The third kappa shape index (κ3) is 3.31. The lowest BCUT2D eigenvalue weighted by Crippen LogP contribution is -2.26. The Morgan fingerprint density at radius 2 is 1.90 bits per heavy atom. The zero-order chi connectivity index (χ0) is 14.9. The summed E-state index contributed by atoms with van der Waals surface area (Å²) in [7, 11) is -1.83. The first-order valence-corrected chi connectivity index (χ1v) is 9.18. The van der Waals surface area contributed by atoms with Crippen LogP contribution in [0.25, 0.3) is 0 Å². The van der Waals surface area contributed by atoms with Crippen molar-refractivity contribution in [1.82, 2.24) is 4.31 Å². The van der Waals surface area contributed by atoms with Crippen molar-refractivity contribution in [3.8, 4) is 0 Å². The van der Waals surface area contributed by atoms with Gasteiger partial charge in [-0.05, 0) is 59.1 Å². The molecule has 108 valence electrons. The number of nitrogens with zero attached hydrogens (tertiary/aromatic N) is 1. The largest absolute Gasteiger partial charge is 0.243 e. The van der Waals surface area contributed by atoms with Crippen LogP contribution >= 0.6 is 27.3 Å². The van der Waals surface area contributed by atoms with Gasteiger partial charge in [0.2, 0.25) is 10.0 Å². The molecule has 20 heavy (non-hydrogen) atoms. The minimum Gasteiger partial charge on any atom is -0.207 e. The van der Waals surface area contributed by atoms with Crippen molar-refractivity contribution in [1.29, 1.82) is 0 Å². The average molecular weight is 374 g/mol. The first kappa shape index (κ1) is 15.7. The molecule has 0 aliphatic rings. The molecule has 0 aliphatic carbocycles. The highest BCUT2D eigenvalue weighted by atomic mass is 79.9.